The van der Waals surface area contributed by atoms with E-state index < -0.39 is 11.5 Å². The Labute approximate surface area is 159 Å². The van der Waals surface area contributed by atoms with Crippen LogP contribution in [0.15, 0.2) is 96.1 Å². The van der Waals surface area contributed by atoms with Crippen LogP contribution in [0.4, 0.5) is 0 Å². The van der Waals surface area contributed by atoms with Gasteiger partial charge in [-0.25, -0.2) is 5.43 Å². The lowest BCUT2D eigenvalue weighted by atomic mass is 9.85. The lowest BCUT2D eigenvalue weighted by molar-refractivity contribution is -0.136. The van der Waals surface area contributed by atoms with Gasteiger partial charge < -0.3 is 5.11 Å². The molecule has 3 rings (SSSR count). The van der Waals surface area contributed by atoms with Gasteiger partial charge >= 0.3 is 0 Å². The van der Waals surface area contributed by atoms with Crippen molar-refractivity contribution in [3.63, 3.8) is 0 Å². The van der Waals surface area contributed by atoms with Crippen molar-refractivity contribution in [2.24, 2.45) is 5.10 Å². The Morgan fingerprint density at radius 3 is 1.81 bits per heavy atom. The van der Waals surface area contributed by atoms with Crippen LogP contribution < -0.4 is 5.43 Å². The van der Waals surface area contributed by atoms with Gasteiger partial charge in [-0.05, 0) is 16.7 Å². The minimum Gasteiger partial charge on any atom is -0.372 e. The molecule has 4 nitrogen and oxygen atoms in total. The molecule has 0 aromatic heterocycles. The molecule has 1 amide bonds. The fourth-order valence-corrected chi connectivity index (χ4v) is 2.92. The van der Waals surface area contributed by atoms with Crippen LogP contribution in [-0.2, 0) is 10.4 Å². The number of amides is 1. The fraction of sp³-hybridized carbons (Fsp3) is 0.130. The molecular formula is C23H22N2O2. The number of hydrogen-bond acceptors (Lipinski definition) is 3. The Morgan fingerprint density at radius 2 is 1.33 bits per heavy atom. The Bertz CT molecular complexity index is 854. The summed E-state index contributed by atoms with van der Waals surface area (Å²) >= 11 is 0. The first-order valence-corrected chi connectivity index (χ1v) is 8.84. The molecule has 2 N–H and O–H groups in total. The second kappa shape index (κ2) is 8.43. The summed E-state index contributed by atoms with van der Waals surface area (Å²) in [5.41, 5.74) is 2.74. The van der Waals surface area contributed by atoms with E-state index in [0.717, 1.165) is 5.56 Å². The summed E-state index contributed by atoms with van der Waals surface area (Å²) in [6, 6.07) is 27.6. The first-order chi connectivity index (χ1) is 13.1. The number of hydrogen-bond donors (Lipinski definition) is 2. The van der Waals surface area contributed by atoms with Crippen molar-refractivity contribution >= 4 is 12.1 Å². The molecule has 0 radical (unpaired) electrons. The quantitative estimate of drug-likeness (QED) is 0.520. The van der Waals surface area contributed by atoms with Gasteiger partial charge in [0.2, 0.25) is 0 Å². The summed E-state index contributed by atoms with van der Waals surface area (Å²) < 4.78 is 0. The van der Waals surface area contributed by atoms with Crippen LogP contribution in [0.5, 0.6) is 0 Å². The van der Waals surface area contributed by atoms with Gasteiger partial charge in [-0.1, -0.05) is 97.9 Å². The average Bonchev–Trinajstić information content (AvgIpc) is 2.74. The summed E-state index contributed by atoms with van der Waals surface area (Å²) in [5, 5.41) is 15.4. The third kappa shape index (κ3) is 4.13. The van der Waals surface area contributed by atoms with E-state index in [1.54, 1.807) is 54.7 Å². The lowest BCUT2D eigenvalue weighted by Gasteiger charge is -2.27. The standard InChI is InChI=1S/C23H22N2O2/c1-18(19-11-5-2-6-12-19)17-24-25-22(26)23(27,20-13-7-3-8-14-20)21-15-9-4-10-16-21/h2-18,27H,1H3,(H,25,26). The van der Waals surface area contributed by atoms with Crippen LogP contribution in [0.3, 0.4) is 0 Å². The largest absolute Gasteiger partial charge is 0.372 e. The first-order valence-electron chi connectivity index (χ1n) is 8.84. The lowest BCUT2D eigenvalue weighted by Crippen LogP contribution is -2.43. The number of benzene rings is 3. The molecule has 0 saturated heterocycles. The molecule has 0 spiro atoms. The second-order valence-corrected chi connectivity index (χ2v) is 6.36. The number of carbonyl (C=O) groups is 1. The summed E-state index contributed by atoms with van der Waals surface area (Å²) in [6.45, 7) is 1.99. The van der Waals surface area contributed by atoms with Gasteiger partial charge in [0, 0.05) is 12.1 Å². The molecule has 0 aliphatic heterocycles. The molecule has 27 heavy (non-hydrogen) atoms. The summed E-state index contributed by atoms with van der Waals surface area (Å²) in [7, 11) is 0. The molecule has 3 aromatic rings. The summed E-state index contributed by atoms with van der Waals surface area (Å²) in [4.78, 5) is 12.9. The van der Waals surface area contributed by atoms with Crippen molar-refractivity contribution in [3.8, 4) is 0 Å². The van der Waals surface area contributed by atoms with Gasteiger partial charge in [0.25, 0.3) is 5.91 Å². The maximum atomic E-state index is 12.9. The molecule has 0 bridgehead atoms. The number of hydrazone groups is 1. The Morgan fingerprint density at radius 1 is 0.889 bits per heavy atom. The van der Waals surface area contributed by atoms with Crippen molar-refractivity contribution in [1.82, 2.24) is 5.43 Å². The van der Waals surface area contributed by atoms with Crippen LogP contribution in [0.25, 0.3) is 0 Å². The number of carbonyl (C=O) groups excluding carboxylic acids is 1. The zero-order chi connectivity index (χ0) is 19.1. The SMILES string of the molecule is CC(C=NNC(=O)C(O)(c1ccccc1)c1ccccc1)c1ccccc1. The topological polar surface area (TPSA) is 61.7 Å². The molecule has 0 saturated carbocycles. The van der Waals surface area contributed by atoms with Crippen LogP contribution in [0, 0.1) is 0 Å². The van der Waals surface area contributed by atoms with Gasteiger partial charge in [-0.3, -0.25) is 4.79 Å². The van der Waals surface area contributed by atoms with Gasteiger partial charge in [-0.2, -0.15) is 5.10 Å². The molecule has 0 fully saturated rings. The smallest absolute Gasteiger partial charge is 0.281 e. The zero-order valence-electron chi connectivity index (χ0n) is 15.1. The van der Waals surface area contributed by atoms with Gasteiger partial charge in [-0.15, -0.1) is 0 Å². The van der Waals surface area contributed by atoms with E-state index in [0.29, 0.717) is 11.1 Å². The van der Waals surface area contributed by atoms with E-state index in [-0.39, 0.29) is 5.92 Å². The highest BCUT2D eigenvalue weighted by Gasteiger charge is 2.39. The molecule has 3 aromatic carbocycles. The highest BCUT2D eigenvalue weighted by Crippen LogP contribution is 2.29. The van der Waals surface area contributed by atoms with E-state index >= 15 is 0 Å². The minimum atomic E-state index is -1.82. The maximum absolute atomic E-state index is 12.9. The monoisotopic (exact) mass is 358 g/mol. The van der Waals surface area contributed by atoms with Crippen molar-refractivity contribution in [2.75, 3.05) is 0 Å². The molecule has 0 aliphatic rings. The highest BCUT2D eigenvalue weighted by atomic mass is 16.3. The molecule has 4 heteroatoms. The van der Waals surface area contributed by atoms with E-state index in [9.17, 15) is 9.90 Å². The van der Waals surface area contributed by atoms with Crippen LogP contribution in [-0.4, -0.2) is 17.2 Å². The average molecular weight is 358 g/mol. The van der Waals surface area contributed by atoms with E-state index in [1.807, 2.05) is 49.4 Å². The predicted molar refractivity (Wildman–Crippen MR) is 107 cm³/mol. The van der Waals surface area contributed by atoms with Crippen molar-refractivity contribution in [2.45, 2.75) is 18.4 Å². The minimum absolute atomic E-state index is 0.0352. The normalized spacial score (nSPS) is 12.7. The van der Waals surface area contributed by atoms with E-state index in [2.05, 4.69) is 10.5 Å². The van der Waals surface area contributed by atoms with E-state index in [4.69, 9.17) is 0 Å². The molecule has 1 atom stereocenters. The second-order valence-electron chi connectivity index (χ2n) is 6.36. The molecule has 0 aliphatic carbocycles. The summed E-state index contributed by atoms with van der Waals surface area (Å²) in [6.07, 6.45) is 1.66. The fourth-order valence-electron chi connectivity index (χ4n) is 2.92. The number of rotatable bonds is 6. The van der Waals surface area contributed by atoms with E-state index in [1.165, 1.54) is 0 Å². The van der Waals surface area contributed by atoms with Gasteiger partial charge in [0.05, 0.1) is 0 Å². The van der Waals surface area contributed by atoms with Crippen LogP contribution in [0.2, 0.25) is 0 Å². The number of nitrogens with one attached hydrogen (secondary N) is 1. The number of nitrogens with zero attached hydrogens (tertiary/aromatic N) is 1. The number of aliphatic hydroxyl groups is 1. The van der Waals surface area contributed by atoms with Crippen molar-refractivity contribution < 1.29 is 9.90 Å². The van der Waals surface area contributed by atoms with Crippen LogP contribution in [0.1, 0.15) is 29.5 Å². The summed E-state index contributed by atoms with van der Waals surface area (Å²) in [5.74, 6) is -0.565. The molecule has 1 unspecified atom stereocenters. The Hall–Kier alpha value is -3.24. The van der Waals surface area contributed by atoms with Crippen molar-refractivity contribution in [3.05, 3.63) is 108 Å². The van der Waals surface area contributed by atoms with Gasteiger partial charge in [0.15, 0.2) is 5.60 Å². The third-order valence-corrected chi connectivity index (χ3v) is 4.50. The Balaban J connectivity index is 1.83. The Kier molecular flexibility index (Phi) is 5.79. The van der Waals surface area contributed by atoms with Gasteiger partial charge in [0.1, 0.15) is 0 Å². The predicted octanol–water partition coefficient (Wildman–Crippen LogP) is 3.83. The first kappa shape index (κ1) is 18.5. The van der Waals surface area contributed by atoms with Crippen LogP contribution >= 0.6 is 0 Å². The molecular weight excluding hydrogens is 336 g/mol. The molecule has 0 heterocycles. The molecule has 136 valence electrons. The van der Waals surface area contributed by atoms with Crippen molar-refractivity contribution in [1.29, 1.82) is 0 Å². The zero-order valence-corrected chi connectivity index (χ0v) is 15.1. The third-order valence-electron chi connectivity index (χ3n) is 4.50. The maximum Gasteiger partial charge on any atom is 0.281 e. The highest BCUT2D eigenvalue weighted by molar-refractivity contribution is 5.90.